The third kappa shape index (κ3) is 1.51. The Bertz CT molecular complexity index is 722. The zero-order valence-electron chi connectivity index (χ0n) is 8.71. The standard InChI is InChI=1S/C10H7ClN2O2S2/c1-6-4-7(11)5-8-9(6)17(14,15)13-3-2-12-10(13)16-8/h2-5H,1H3. The lowest BCUT2D eigenvalue weighted by Crippen LogP contribution is -2.18. The maximum Gasteiger partial charge on any atom is 0.271 e. The van der Waals surface area contributed by atoms with Crippen LogP contribution in [0.25, 0.3) is 0 Å². The molecule has 0 amide bonds. The van der Waals surface area contributed by atoms with Crippen molar-refractivity contribution in [1.29, 1.82) is 0 Å². The Kier molecular flexibility index (Phi) is 2.30. The zero-order chi connectivity index (χ0) is 12.2. The fourth-order valence-corrected chi connectivity index (χ4v) is 5.36. The number of aryl methyl sites for hydroxylation is 1. The molecule has 0 N–H and O–H groups in total. The van der Waals surface area contributed by atoms with E-state index in [1.165, 1.54) is 28.1 Å². The van der Waals surface area contributed by atoms with Crippen LogP contribution in [0.3, 0.4) is 0 Å². The van der Waals surface area contributed by atoms with Gasteiger partial charge in [0.25, 0.3) is 10.0 Å². The van der Waals surface area contributed by atoms with Crippen molar-refractivity contribution in [1.82, 2.24) is 8.96 Å². The second-order valence-corrected chi connectivity index (χ2v) is 6.86. The Morgan fingerprint density at radius 3 is 2.94 bits per heavy atom. The molecule has 0 spiro atoms. The molecule has 4 nitrogen and oxygen atoms in total. The third-order valence-corrected chi connectivity index (χ3v) is 5.86. The highest BCUT2D eigenvalue weighted by Crippen LogP contribution is 2.41. The molecule has 0 saturated carbocycles. The highest BCUT2D eigenvalue weighted by Gasteiger charge is 2.31. The van der Waals surface area contributed by atoms with Crippen LogP contribution in [-0.4, -0.2) is 17.4 Å². The van der Waals surface area contributed by atoms with Crippen LogP contribution in [0.5, 0.6) is 0 Å². The summed E-state index contributed by atoms with van der Waals surface area (Å²) in [5.41, 5.74) is 0.652. The maximum absolute atomic E-state index is 12.4. The van der Waals surface area contributed by atoms with Crippen molar-refractivity contribution in [3.63, 3.8) is 0 Å². The summed E-state index contributed by atoms with van der Waals surface area (Å²) in [5.74, 6) is 0. The largest absolute Gasteiger partial charge is 0.271 e. The van der Waals surface area contributed by atoms with Gasteiger partial charge in [0.15, 0.2) is 5.16 Å². The Morgan fingerprint density at radius 1 is 1.41 bits per heavy atom. The van der Waals surface area contributed by atoms with E-state index in [4.69, 9.17) is 11.6 Å². The molecule has 1 aromatic heterocycles. The van der Waals surface area contributed by atoms with E-state index >= 15 is 0 Å². The van der Waals surface area contributed by atoms with Crippen molar-refractivity contribution in [2.24, 2.45) is 0 Å². The zero-order valence-corrected chi connectivity index (χ0v) is 11.1. The van der Waals surface area contributed by atoms with Gasteiger partial charge in [-0.05, 0) is 36.4 Å². The minimum absolute atomic E-state index is 0.317. The fraction of sp³-hybridized carbons (Fsp3) is 0.100. The molecule has 0 unspecified atom stereocenters. The van der Waals surface area contributed by atoms with Crippen molar-refractivity contribution < 1.29 is 8.42 Å². The van der Waals surface area contributed by atoms with Crippen LogP contribution < -0.4 is 0 Å². The number of imidazole rings is 1. The number of fused-ring (bicyclic) bond motifs is 2. The number of aromatic nitrogens is 2. The Labute approximate surface area is 108 Å². The molecule has 2 aromatic rings. The van der Waals surface area contributed by atoms with Crippen molar-refractivity contribution in [3.05, 3.63) is 35.1 Å². The molecule has 0 atom stereocenters. The van der Waals surface area contributed by atoms with E-state index in [-0.39, 0.29) is 0 Å². The first-order chi connectivity index (χ1) is 8.00. The molecule has 7 heteroatoms. The van der Waals surface area contributed by atoms with Crippen molar-refractivity contribution in [2.75, 3.05) is 0 Å². The van der Waals surface area contributed by atoms with E-state index in [1.54, 1.807) is 19.1 Å². The van der Waals surface area contributed by atoms with Gasteiger partial charge >= 0.3 is 0 Å². The molecule has 1 aromatic carbocycles. The average Bonchev–Trinajstić information content (AvgIpc) is 2.64. The van der Waals surface area contributed by atoms with Crippen LogP contribution in [-0.2, 0) is 10.0 Å². The van der Waals surface area contributed by atoms with Crippen LogP contribution >= 0.6 is 23.4 Å². The number of hydrogen-bond donors (Lipinski definition) is 0. The number of nitrogens with zero attached hydrogens (tertiary/aromatic N) is 2. The first kappa shape index (κ1) is 11.1. The number of rotatable bonds is 0. The highest BCUT2D eigenvalue weighted by atomic mass is 35.5. The molecule has 0 radical (unpaired) electrons. The molecule has 88 valence electrons. The quantitative estimate of drug-likeness (QED) is 0.637. The second-order valence-electron chi connectivity index (χ2n) is 3.66. The lowest BCUT2D eigenvalue weighted by Gasteiger charge is -2.19. The van der Waals surface area contributed by atoms with Crippen molar-refractivity contribution >= 4 is 33.4 Å². The molecule has 2 heterocycles. The SMILES string of the molecule is Cc1cc(Cl)cc2c1S(=O)(=O)n1ccnc1S2. The molecule has 17 heavy (non-hydrogen) atoms. The van der Waals surface area contributed by atoms with Crippen LogP contribution in [0.15, 0.2) is 39.5 Å². The summed E-state index contributed by atoms with van der Waals surface area (Å²) in [6.07, 6.45) is 2.93. The van der Waals surface area contributed by atoms with E-state index in [1.807, 2.05) is 0 Å². The topological polar surface area (TPSA) is 52.0 Å². The van der Waals surface area contributed by atoms with Gasteiger partial charge in [0.05, 0.1) is 0 Å². The van der Waals surface area contributed by atoms with E-state index in [0.717, 1.165) is 0 Å². The Morgan fingerprint density at radius 2 is 2.18 bits per heavy atom. The summed E-state index contributed by atoms with van der Waals surface area (Å²) < 4.78 is 25.9. The summed E-state index contributed by atoms with van der Waals surface area (Å²) in [6.45, 7) is 1.74. The lowest BCUT2D eigenvalue weighted by molar-refractivity contribution is 0.577. The number of benzene rings is 1. The molecular weight excluding hydrogens is 280 g/mol. The van der Waals surface area contributed by atoms with Gasteiger partial charge in [0, 0.05) is 22.3 Å². The minimum Gasteiger partial charge on any atom is -0.230 e. The molecule has 0 saturated heterocycles. The first-order valence-corrected chi connectivity index (χ1v) is 7.40. The summed E-state index contributed by atoms with van der Waals surface area (Å²) >= 11 is 7.25. The fourth-order valence-electron chi connectivity index (χ4n) is 1.83. The van der Waals surface area contributed by atoms with Crippen LogP contribution in [0, 0.1) is 6.92 Å². The molecule has 0 bridgehead atoms. The van der Waals surface area contributed by atoms with Gasteiger partial charge in [-0.25, -0.2) is 17.4 Å². The smallest absolute Gasteiger partial charge is 0.230 e. The summed E-state index contributed by atoms with van der Waals surface area (Å²) in [5, 5.41) is 0.975. The third-order valence-electron chi connectivity index (χ3n) is 2.50. The average molecular weight is 287 g/mol. The summed E-state index contributed by atoms with van der Waals surface area (Å²) in [7, 11) is -3.53. The highest BCUT2D eigenvalue weighted by molar-refractivity contribution is 8.01. The minimum atomic E-state index is -3.53. The van der Waals surface area contributed by atoms with Gasteiger partial charge < -0.3 is 0 Å². The lowest BCUT2D eigenvalue weighted by atomic mass is 10.2. The Balaban J connectivity index is 2.40. The van der Waals surface area contributed by atoms with E-state index < -0.39 is 10.0 Å². The number of hydrogen-bond acceptors (Lipinski definition) is 4. The predicted octanol–water partition coefficient (Wildman–Crippen LogP) is 2.55. The van der Waals surface area contributed by atoms with E-state index in [2.05, 4.69) is 4.98 Å². The van der Waals surface area contributed by atoms with Gasteiger partial charge in [-0.2, -0.15) is 0 Å². The second kappa shape index (κ2) is 3.51. The monoisotopic (exact) mass is 286 g/mol. The maximum atomic E-state index is 12.4. The van der Waals surface area contributed by atoms with Crippen molar-refractivity contribution in [2.45, 2.75) is 21.9 Å². The van der Waals surface area contributed by atoms with Gasteiger partial charge in [-0.1, -0.05) is 11.6 Å². The van der Waals surface area contributed by atoms with Gasteiger partial charge in [0.1, 0.15) is 4.90 Å². The summed E-state index contributed by atoms with van der Waals surface area (Å²) in [6, 6.07) is 3.31. The molecule has 1 aliphatic heterocycles. The first-order valence-electron chi connectivity index (χ1n) is 4.77. The van der Waals surface area contributed by atoms with Crippen molar-refractivity contribution in [3.8, 4) is 0 Å². The number of halogens is 1. The van der Waals surface area contributed by atoms with E-state index in [0.29, 0.717) is 25.5 Å². The molecule has 0 aliphatic carbocycles. The van der Waals surface area contributed by atoms with Crippen LogP contribution in [0.1, 0.15) is 5.56 Å². The van der Waals surface area contributed by atoms with Gasteiger partial charge in [-0.3, -0.25) is 0 Å². The van der Waals surface area contributed by atoms with Gasteiger partial charge in [0.2, 0.25) is 0 Å². The molecule has 1 aliphatic rings. The van der Waals surface area contributed by atoms with E-state index in [9.17, 15) is 8.42 Å². The molecular formula is C10H7ClN2O2S2. The predicted molar refractivity (Wildman–Crippen MR) is 65.1 cm³/mol. The summed E-state index contributed by atoms with van der Waals surface area (Å²) in [4.78, 5) is 4.96. The molecule has 0 fully saturated rings. The normalized spacial score (nSPS) is 16.4. The Hall–Kier alpha value is -0.980. The van der Waals surface area contributed by atoms with Crippen LogP contribution in [0.2, 0.25) is 5.02 Å². The van der Waals surface area contributed by atoms with Gasteiger partial charge in [-0.15, -0.1) is 0 Å². The molecule has 3 rings (SSSR count). The van der Waals surface area contributed by atoms with Crippen LogP contribution in [0.4, 0.5) is 0 Å².